The maximum Gasteiger partial charge on any atom is 0.475 e. The van der Waals surface area contributed by atoms with Crippen molar-refractivity contribution in [3.05, 3.63) is 22.7 Å². The number of nitrogen functional groups attached to an aromatic ring is 1. The van der Waals surface area contributed by atoms with Crippen molar-refractivity contribution in [1.29, 1.82) is 0 Å². The van der Waals surface area contributed by atoms with E-state index in [9.17, 15) is 18.1 Å². The second-order valence-electron chi connectivity index (χ2n) is 9.09. The van der Waals surface area contributed by atoms with E-state index in [1.165, 1.54) is 6.07 Å². The normalized spacial score (nSPS) is 27.1. The first-order chi connectivity index (χ1) is 15.7. The van der Waals surface area contributed by atoms with E-state index in [2.05, 4.69) is 4.98 Å². The van der Waals surface area contributed by atoms with Crippen molar-refractivity contribution in [2.24, 2.45) is 0 Å². The van der Waals surface area contributed by atoms with Crippen LogP contribution >= 0.6 is 7.82 Å². The zero-order valence-corrected chi connectivity index (χ0v) is 19.5. The van der Waals surface area contributed by atoms with Crippen molar-refractivity contribution in [3.63, 3.8) is 0 Å². The molecule has 1 aromatic rings. The minimum absolute atomic E-state index is 0.0712. The summed E-state index contributed by atoms with van der Waals surface area (Å²) in [6.45, 7) is -0.403. The number of phosphoric ester groups is 1. The number of rotatable bonds is 8. The van der Waals surface area contributed by atoms with Gasteiger partial charge in [0, 0.05) is 12.6 Å². The molecular weight excluding hydrogens is 459 g/mol. The number of hydrogen-bond donors (Lipinski definition) is 1. The minimum atomic E-state index is -3.98. The number of aromatic nitrogens is 2. The SMILES string of the molecule is Nc1ccn(C2OC(COP(=O)(OC3CCCCC3)OC3CCCCC3)CC2(F)F)c(=O)n1. The Morgan fingerprint density at radius 2 is 1.67 bits per heavy atom. The maximum absolute atomic E-state index is 14.7. The molecule has 2 aliphatic carbocycles. The van der Waals surface area contributed by atoms with Gasteiger partial charge >= 0.3 is 13.5 Å². The lowest BCUT2D eigenvalue weighted by molar-refractivity contribution is -0.120. The lowest BCUT2D eigenvalue weighted by Gasteiger charge is -2.30. The van der Waals surface area contributed by atoms with Gasteiger partial charge in [0.2, 0.25) is 6.23 Å². The molecular formula is C21H32F2N3O6P. The zero-order chi connectivity index (χ0) is 23.5. The van der Waals surface area contributed by atoms with E-state index in [4.69, 9.17) is 24.0 Å². The monoisotopic (exact) mass is 491 g/mol. The van der Waals surface area contributed by atoms with Gasteiger partial charge in [-0.3, -0.25) is 18.1 Å². The molecule has 33 heavy (non-hydrogen) atoms. The number of nitrogens with zero attached hydrogens (tertiary/aromatic N) is 2. The van der Waals surface area contributed by atoms with Crippen LogP contribution < -0.4 is 11.4 Å². The van der Waals surface area contributed by atoms with E-state index in [0.717, 1.165) is 70.4 Å². The van der Waals surface area contributed by atoms with Crippen LogP contribution in [-0.4, -0.2) is 40.4 Å². The first-order valence-corrected chi connectivity index (χ1v) is 13.2. The van der Waals surface area contributed by atoms with Crippen LogP contribution in [-0.2, 0) is 22.9 Å². The van der Waals surface area contributed by atoms with Crippen LogP contribution in [0, 0.1) is 0 Å². The molecule has 0 amide bonds. The van der Waals surface area contributed by atoms with E-state index in [-0.39, 0.29) is 18.0 Å². The van der Waals surface area contributed by atoms with Gasteiger partial charge in [-0.1, -0.05) is 38.5 Å². The standard InChI is InChI=1S/C21H32F2N3O6P/c22-21(23)13-17(30-19(21)26-12-11-18(24)25-20(26)27)14-29-33(28,31-15-7-3-1-4-8-15)32-16-9-5-2-6-10-16/h11-12,15-17,19H,1-10,13-14H2,(H2,24,25,27). The number of hydrogen-bond acceptors (Lipinski definition) is 8. The Morgan fingerprint density at radius 1 is 1.09 bits per heavy atom. The zero-order valence-electron chi connectivity index (χ0n) is 18.6. The minimum Gasteiger partial charge on any atom is -0.383 e. The smallest absolute Gasteiger partial charge is 0.383 e. The Bertz CT molecular complexity index is 880. The van der Waals surface area contributed by atoms with Gasteiger partial charge in [0.25, 0.3) is 5.92 Å². The molecule has 2 saturated carbocycles. The average molecular weight is 491 g/mol. The molecule has 0 radical (unpaired) electrons. The van der Waals surface area contributed by atoms with Crippen molar-refractivity contribution in [2.75, 3.05) is 12.3 Å². The third-order valence-corrected chi connectivity index (χ3v) is 7.94. The van der Waals surface area contributed by atoms with Gasteiger partial charge in [-0.25, -0.2) is 18.1 Å². The van der Waals surface area contributed by atoms with Crippen molar-refractivity contribution < 1.29 is 31.7 Å². The Morgan fingerprint density at radius 3 is 2.21 bits per heavy atom. The Hall–Kier alpha value is -1.39. The second kappa shape index (κ2) is 10.5. The van der Waals surface area contributed by atoms with Crippen molar-refractivity contribution in [1.82, 2.24) is 9.55 Å². The van der Waals surface area contributed by atoms with Gasteiger partial charge in [-0.15, -0.1) is 0 Å². The average Bonchev–Trinajstić information content (AvgIpc) is 3.08. The molecule has 186 valence electrons. The summed E-state index contributed by atoms with van der Waals surface area (Å²) in [5, 5.41) is 0. The molecule has 0 spiro atoms. The number of phosphoric acid groups is 1. The first-order valence-electron chi connectivity index (χ1n) is 11.7. The van der Waals surface area contributed by atoms with Crippen LogP contribution in [0.25, 0.3) is 0 Å². The van der Waals surface area contributed by atoms with Gasteiger partial charge in [-0.2, -0.15) is 4.98 Å². The number of ether oxygens (including phenoxy) is 1. The molecule has 1 saturated heterocycles. The van der Waals surface area contributed by atoms with Crippen molar-refractivity contribution in [2.45, 2.75) is 101 Å². The topological polar surface area (TPSA) is 115 Å². The molecule has 3 aliphatic rings. The van der Waals surface area contributed by atoms with Gasteiger partial charge in [0.1, 0.15) is 5.82 Å². The van der Waals surface area contributed by atoms with Crippen LogP contribution in [0.2, 0.25) is 0 Å². The number of anilines is 1. The summed E-state index contributed by atoms with van der Waals surface area (Å²) in [6.07, 6.45) is 6.07. The molecule has 2 N–H and O–H groups in total. The molecule has 2 heterocycles. The van der Waals surface area contributed by atoms with E-state index < -0.39 is 44.8 Å². The molecule has 4 rings (SSSR count). The number of halogens is 2. The summed E-state index contributed by atoms with van der Waals surface area (Å²) in [4.78, 5) is 15.5. The highest BCUT2D eigenvalue weighted by molar-refractivity contribution is 7.48. The fraction of sp³-hybridized carbons (Fsp3) is 0.810. The highest BCUT2D eigenvalue weighted by Gasteiger charge is 2.52. The fourth-order valence-electron chi connectivity index (χ4n) is 4.67. The summed E-state index contributed by atoms with van der Waals surface area (Å²) in [5.74, 6) is -3.42. The summed E-state index contributed by atoms with van der Waals surface area (Å²) in [6, 6.07) is 1.24. The molecule has 9 nitrogen and oxygen atoms in total. The molecule has 2 unspecified atom stereocenters. The van der Waals surface area contributed by atoms with E-state index >= 15 is 0 Å². The van der Waals surface area contributed by atoms with Crippen molar-refractivity contribution >= 4 is 13.6 Å². The summed E-state index contributed by atoms with van der Waals surface area (Å²) < 4.78 is 66.2. The first kappa shape index (κ1) is 24.7. The lowest BCUT2D eigenvalue weighted by atomic mass is 9.98. The molecule has 0 bridgehead atoms. The van der Waals surface area contributed by atoms with Crippen LogP contribution in [0.3, 0.4) is 0 Å². The van der Waals surface area contributed by atoms with Crippen LogP contribution in [0.5, 0.6) is 0 Å². The summed E-state index contributed by atoms with van der Waals surface area (Å²) in [7, 11) is -3.98. The highest BCUT2D eigenvalue weighted by atomic mass is 31.2. The molecule has 0 aromatic carbocycles. The van der Waals surface area contributed by atoms with Gasteiger partial charge in [0.05, 0.1) is 24.9 Å². The third-order valence-electron chi connectivity index (χ3n) is 6.37. The van der Waals surface area contributed by atoms with E-state index in [1.54, 1.807) is 0 Å². The number of alkyl halides is 2. The largest absolute Gasteiger partial charge is 0.475 e. The predicted molar refractivity (Wildman–Crippen MR) is 116 cm³/mol. The van der Waals surface area contributed by atoms with Gasteiger partial charge in [-0.05, 0) is 31.7 Å². The summed E-state index contributed by atoms with van der Waals surface area (Å²) in [5.41, 5.74) is 4.50. The van der Waals surface area contributed by atoms with Crippen molar-refractivity contribution in [3.8, 4) is 0 Å². The van der Waals surface area contributed by atoms with Crippen LogP contribution in [0.4, 0.5) is 14.6 Å². The molecule has 12 heteroatoms. The van der Waals surface area contributed by atoms with Gasteiger partial charge < -0.3 is 10.5 Å². The fourth-order valence-corrected chi connectivity index (χ4v) is 6.34. The Labute approximate surface area is 191 Å². The summed E-state index contributed by atoms with van der Waals surface area (Å²) >= 11 is 0. The number of nitrogens with two attached hydrogens (primary N) is 1. The molecule has 1 aliphatic heterocycles. The maximum atomic E-state index is 14.7. The third kappa shape index (κ3) is 6.39. The second-order valence-corrected chi connectivity index (χ2v) is 10.7. The molecule has 3 fully saturated rings. The molecule has 1 aromatic heterocycles. The highest BCUT2D eigenvalue weighted by Crippen LogP contribution is 2.55. The van der Waals surface area contributed by atoms with E-state index in [0.29, 0.717) is 4.57 Å². The Kier molecular flexibility index (Phi) is 7.85. The van der Waals surface area contributed by atoms with Gasteiger partial charge in [0.15, 0.2) is 0 Å². The van der Waals surface area contributed by atoms with Crippen LogP contribution in [0.15, 0.2) is 17.1 Å². The predicted octanol–water partition coefficient (Wildman–Crippen LogP) is 4.57. The Balaban J connectivity index is 1.42. The van der Waals surface area contributed by atoms with E-state index in [1.807, 2.05) is 0 Å². The van der Waals surface area contributed by atoms with Crippen LogP contribution in [0.1, 0.15) is 76.9 Å². The quantitative estimate of drug-likeness (QED) is 0.526. The lowest BCUT2D eigenvalue weighted by Crippen LogP contribution is -2.35. The molecule has 2 atom stereocenters.